The lowest BCUT2D eigenvalue weighted by atomic mass is 10.2. The molecule has 2 aromatic rings. The molecule has 0 bridgehead atoms. The van der Waals surface area contributed by atoms with Gasteiger partial charge in [0.05, 0.1) is 5.56 Å². The largest absolute Gasteiger partial charge is 0.504 e. The second-order valence-corrected chi connectivity index (χ2v) is 4.43. The third-order valence-corrected chi connectivity index (χ3v) is 2.96. The third kappa shape index (κ3) is 2.62. The van der Waals surface area contributed by atoms with Gasteiger partial charge in [0.1, 0.15) is 5.75 Å². The Balaban J connectivity index is 2.29. The fourth-order valence-corrected chi connectivity index (χ4v) is 1.98. The van der Waals surface area contributed by atoms with Crippen molar-refractivity contribution in [1.82, 2.24) is 0 Å². The van der Waals surface area contributed by atoms with E-state index in [0.29, 0.717) is 21.5 Å². The quantitative estimate of drug-likeness (QED) is 0.915. The van der Waals surface area contributed by atoms with Crippen LogP contribution in [0.15, 0.2) is 46.9 Å². The molecular weight excluding hydrogens is 298 g/mol. The molecule has 0 saturated carbocycles. The first-order valence-corrected chi connectivity index (χ1v) is 5.92. The number of hydrogen-bond donors (Lipinski definition) is 2. The summed E-state index contributed by atoms with van der Waals surface area (Å²) in [5.41, 5.74) is 5.57. The number of benzene rings is 2. The molecule has 5 heteroatoms. The highest BCUT2D eigenvalue weighted by molar-refractivity contribution is 9.10. The van der Waals surface area contributed by atoms with E-state index in [2.05, 4.69) is 15.9 Å². The normalized spacial score (nSPS) is 10.1. The smallest absolute Gasteiger partial charge is 0.249 e. The highest BCUT2D eigenvalue weighted by atomic mass is 79.9. The first-order valence-electron chi connectivity index (χ1n) is 5.13. The highest BCUT2D eigenvalue weighted by Crippen LogP contribution is 2.32. The fraction of sp³-hybridized carbons (Fsp3) is 0. The minimum atomic E-state index is -0.518. The number of para-hydroxylation sites is 2. The molecule has 0 spiro atoms. The third-order valence-electron chi connectivity index (χ3n) is 2.30. The minimum Gasteiger partial charge on any atom is -0.504 e. The van der Waals surface area contributed by atoms with Crippen LogP contribution < -0.4 is 10.5 Å². The van der Waals surface area contributed by atoms with E-state index in [1.165, 1.54) is 6.07 Å². The number of nitrogens with two attached hydrogens (primary N) is 1. The van der Waals surface area contributed by atoms with Crippen LogP contribution in [0.4, 0.5) is 0 Å². The van der Waals surface area contributed by atoms with Gasteiger partial charge in [-0.05, 0) is 46.3 Å². The van der Waals surface area contributed by atoms with Crippen molar-refractivity contribution in [3.05, 3.63) is 52.5 Å². The van der Waals surface area contributed by atoms with Crippen molar-refractivity contribution >= 4 is 21.8 Å². The molecule has 2 aromatic carbocycles. The summed E-state index contributed by atoms with van der Waals surface area (Å²) < 4.78 is 6.04. The van der Waals surface area contributed by atoms with Crippen LogP contribution in [0.2, 0.25) is 0 Å². The number of hydrogen-bond acceptors (Lipinski definition) is 3. The van der Waals surface area contributed by atoms with Crippen molar-refractivity contribution in [1.29, 1.82) is 0 Å². The van der Waals surface area contributed by atoms with Gasteiger partial charge in [-0.1, -0.05) is 12.1 Å². The van der Waals surface area contributed by atoms with E-state index < -0.39 is 5.91 Å². The summed E-state index contributed by atoms with van der Waals surface area (Å²) in [5.74, 6) is 0.369. The van der Waals surface area contributed by atoms with Crippen molar-refractivity contribution in [3.63, 3.8) is 0 Å². The molecular formula is C13H10BrNO3. The maximum atomic E-state index is 11.1. The van der Waals surface area contributed by atoms with E-state index in [9.17, 15) is 9.90 Å². The molecule has 0 radical (unpaired) electrons. The van der Waals surface area contributed by atoms with E-state index in [1.807, 2.05) is 0 Å². The number of halogens is 1. The standard InChI is InChI=1S/C13H10BrNO3/c14-10-7-8(5-6-9(10)13(15)17)18-12-4-2-1-3-11(12)16/h1-7,16H,(H2,15,17). The van der Waals surface area contributed by atoms with Gasteiger partial charge in [-0.25, -0.2) is 0 Å². The molecule has 0 saturated heterocycles. The summed E-state index contributed by atoms with van der Waals surface area (Å²) in [6.07, 6.45) is 0. The lowest BCUT2D eigenvalue weighted by molar-refractivity contribution is 0.0999. The van der Waals surface area contributed by atoms with Gasteiger partial charge in [0.25, 0.3) is 0 Å². The molecule has 0 aliphatic rings. The van der Waals surface area contributed by atoms with Gasteiger partial charge < -0.3 is 15.6 Å². The molecule has 0 aromatic heterocycles. The van der Waals surface area contributed by atoms with Crippen LogP contribution in [0.5, 0.6) is 17.2 Å². The summed E-state index contributed by atoms with van der Waals surface area (Å²) in [5, 5.41) is 9.57. The number of rotatable bonds is 3. The predicted molar refractivity (Wildman–Crippen MR) is 70.8 cm³/mol. The van der Waals surface area contributed by atoms with E-state index in [-0.39, 0.29) is 5.75 Å². The molecule has 0 fully saturated rings. The Bertz CT molecular complexity index is 599. The maximum absolute atomic E-state index is 11.1. The van der Waals surface area contributed by atoms with Crippen molar-refractivity contribution < 1.29 is 14.6 Å². The first-order chi connectivity index (χ1) is 8.58. The van der Waals surface area contributed by atoms with Crippen molar-refractivity contribution in [2.24, 2.45) is 5.73 Å². The Morgan fingerprint density at radius 3 is 2.56 bits per heavy atom. The Morgan fingerprint density at radius 2 is 1.94 bits per heavy atom. The van der Waals surface area contributed by atoms with Crippen LogP contribution in [0.3, 0.4) is 0 Å². The van der Waals surface area contributed by atoms with Crippen molar-refractivity contribution in [2.75, 3.05) is 0 Å². The zero-order valence-electron chi connectivity index (χ0n) is 9.26. The summed E-state index contributed by atoms with van der Waals surface area (Å²) in [6.45, 7) is 0. The molecule has 4 nitrogen and oxygen atoms in total. The van der Waals surface area contributed by atoms with Gasteiger partial charge in [-0.2, -0.15) is 0 Å². The van der Waals surface area contributed by atoms with Crippen molar-refractivity contribution in [2.45, 2.75) is 0 Å². The monoisotopic (exact) mass is 307 g/mol. The van der Waals surface area contributed by atoms with E-state index in [0.717, 1.165) is 0 Å². The van der Waals surface area contributed by atoms with Gasteiger partial charge in [0, 0.05) is 4.47 Å². The molecule has 2 rings (SSSR count). The second-order valence-electron chi connectivity index (χ2n) is 3.58. The van der Waals surface area contributed by atoms with Crippen molar-refractivity contribution in [3.8, 4) is 17.2 Å². The summed E-state index contributed by atoms with van der Waals surface area (Å²) >= 11 is 3.24. The molecule has 1 amide bonds. The Labute approximate surface area is 112 Å². The minimum absolute atomic E-state index is 0.0487. The number of carbonyl (C=O) groups excluding carboxylic acids is 1. The number of aromatic hydroxyl groups is 1. The highest BCUT2D eigenvalue weighted by Gasteiger charge is 2.08. The van der Waals surface area contributed by atoms with Gasteiger partial charge in [-0.3, -0.25) is 4.79 Å². The average Bonchev–Trinajstić information content (AvgIpc) is 2.32. The SMILES string of the molecule is NC(=O)c1ccc(Oc2ccccc2O)cc1Br. The zero-order chi connectivity index (χ0) is 13.1. The fourth-order valence-electron chi connectivity index (χ4n) is 1.43. The van der Waals surface area contributed by atoms with Crippen LogP contribution in [0.25, 0.3) is 0 Å². The Morgan fingerprint density at radius 1 is 1.22 bits per heavy atom. The molecule has 0 aliphatic carbocycles. The summed E-state index contributed by atoms with van der Waals surface area (Å²) in [6, 6.07) is 11.4. The zero-order valence-corrected chi connectivity index (χ0v) is 10.8. The molecule has 3 N–H and O–H groups in total. The van der Waals surface area contributed by atoms with Gasteiger partial charge in [-0.15, -0.1) is 0 Å². The number of carbonyl (C=O) groups is 1. The second kappa shape index (κ2) is 5.10. The van der Waals surface area contributed by atoms with Gasteiger partial charge in [0.2, 0.25) is 5.91 Å². The average molecular weight is 308 g/mol. The lowest BCUT2D eigenvalue weighted by Gasteiger charge is -2.08. The lowest BCUT2D eigenvalue weighted by Crippen LogP contribution is -2.11. The number of phenols is 1. The van der Waals surface area contributed by atoms with Gasteiger partial charge in [0.15, 0.2) is 11.5 Å². The molecule has 0 unspecified atom stereocenters. The van der Waals surface area contributed by atoms with Gasteiger partial charge >= 0.3 is 0 Å². The number of phenolic OH excluding ortho intramolecular Hbond substituents is 1. The number of amides is 1. The molecule has 0 heterocycles. The molecule has 18 heavy (non-hydrogen) atoms. The topological polar surface area (TPSA) is 72.6 Å². The Kier molecular flexibility index (Phi) is 3.53. The van der Waals surface area contributed by atoms with Crippen LogP contribution in [-0.4, -0.2) is 11.0 Å². The van der Waals surface area contributed by atoms with Crippen LogP contribution in [-0.2, 0) is 0 Å². The molecule has 0 aliphatic heterocycles. The molecule has 0 atom stereocenters. The maximum Gasteiger partial charge on any atom is 0.249 e. The van der Waals surface area contributed by atoms with Crippen LogP contribution in [0, 0.1) is 0 Å². The summed E-state index contributed by atoms with van der Waals surface area (Å²) in [7, 11) is 0. The van der Waals surface area contributed by atoms with Crippen LogP contribution in [0.1, 0.15) is 10.4 Å². The Hall–Kier alpha value is -2.01. The number of ether oxygens (including phenoxy) is 1. The van der Waals surface area contributed by atoms with E-state index in [1.54, 1.807) is 36.4 Å². The number of primary amides is 1. The van der Waals surface area contributed by atoms with E-state index >= 15 is 0 Å². The van der Waals surface area contributed by atoms with Crippen LogP contribution >= 0.6 is 15.9 Å². The molecule has 92 valence electrons. The predicted octanol–water partition coefficient (Wildman–Crippen LogP) is 3.05. The summed E-state index contributed by atoms with van der Waals surface area (Å²) in [4.78, 5) is 11.1. The first kappa shape index (κ1) is 12.4. The van der Waals surface area contributed by atoms with E-state index in [4.69, 9.17) is 10.5 Å².